The quantitative estimate of drug-likeness (QED) is 0.881. The predicted molar refractivity (Wildman–Crippen MR) is 90.0 cm³/mol. The van der Waals surface area contributed by atoms with Crippen LogP contribution in [-0.4, -0.2) is 69.7 Å². The molecule has 1 aromatic rings. The highest BCUT2D eigenvalue weighted by Gasteiger charge is 2.32. The second-order valence-corrected chi connectivity index (χ2v) is 6.10. The molecule has 0 aromatic heterocycles. The summed E-state index contributed by atoms with van der Waals surface area (Å²) in [4.78, 5) is 16.7. The van der Waals surface area contributed by atoms with Crippen LogP contribution in [0, 0.1) is 0 Å². The minimum Gasteiger partial charge on any atom is -0.493 e. The van der Waals surface area contributed by atoms with Gasteiger partial charge >= 0.3 is 0 Å². The van der Waals surface area contributed by atoms with Crippen molar-refractivity contribution in [3.05, 3.63) is 23.8 Å². The Bertz CT molecular complexity index is 548. The van der Waals surface area contributed by atoms with Crippen LogP contribution in [0.4, 0.5) is 0 Å². The Morgan fingerprint density at radius 2 is 2.00 bits per heavy atom. The first-order valence-electron chi connectivity index (χ1n) is 7.88. The Morgan fingerprint density at radius 3 is 2.57 bits per heavy atom. The van der Waals surface area contributed by atoms with Gasteiger partial charge in [0.15, 0.2) is 11.5 Å². The Hall–Kier alpha value is -1.79. The highest BCUT2D eigenvalue weighted by Crippen LogP contribution is 2.33. The van der Waals surface area contributed by atoms with Gasteiger partial charge in [0.25, 0.3) is 0 Å². The molecule has 1 aromatic carbocycles. The molecule has 128 valence electrons. The van der Waals surface area contributed by atoms with Crippen LogP contribution in [0.1, 0.15) is 18.5 Å². The van der Waals surface area contributed by atoms with Crippen LogP contribution < -0.4 is 14.8 Å². The molecule has 6 nitrogen and oxygen atoms in total. The molecule has 2 atom stereocenters. The Balaban J connectivity index is 2.38. The number of hydrogen-bond acceptors (Lipinski definition) is 5. The van der Waals surface area contributed by atoms with Crippen molar-refractivity contribution in [3.63, 3.8) is 0 Å². The molecule has 1 aliphatic heterocycles. The van der Waals surface area contributed by atoms with Gasteiger partial charge in [-0.1, -0.05) is 6.07 Å². The first-order valence-corrected chi connectivity index (χ1v) is 7.88. The molecule has 0 radical (unpaired) electrons. The van der Waals surface area contributed by atoms with Crippen molar-refractivity contribution < 1.29 is 14.3 Å². The van der Waals surface area contributed by atoms with Gasteiger partial charge in [-0.15, -0.1) is 0 Å². The SMILES string of the molecule is COc1ccc(C(C(=O)N(C)C)N2CCNC(C)C2)cc1OC. The number of benzene rings is 1. The third-order valence-corrected chi connectivity index (χ3v) is 4.16. The van der Waals surface area contributed by atoms with Crippen molar-refractivity contribution in [1.82, 2.24) is 15.1 Å². The van der Waals surface area contributed by atoms with Crippen molar-refractivity contribution in [2.75, 3.05) is 47.9 Å². The maximum atomic E-state index is 12.8. The monoisotopic (exact) mass is 321 g/mol. The Morgan fingerprint density at radius 1 is 1.30 bits per heavy atom. The van der Waals surface area contributed by atoms with Gasteiger partial charge in [0, 0.05) is 39.8 Å². The molecule has 1 saturated heterocycles. The molecule has 2 unspecified atom stereocenters. The van der Waals surface area contributed by atoms with Gasteiger partial charge in [-0.05, 0) is 24.6 Å². The topological polar surface area (TPSA) is 54.0 Å². The lowest BCUT2D eigenvalue weighted by Gasteiger charge is -2.38. The number of nitrogens with one attached hydrogen (secondary N) is 1. The highest BCUT2D eigenvalue weighted by molar-refractivity contribution is 5.83. The van der Waals surface area contributed by atoms with Crippen molar-refractivity contribution in [2.24, 2.45) is 0 Å². The number of carbonyl (C=O) groups excluding carboxylic acids is 1. The summed E-state index contributed by atoms with van der Waals surface area (Å²) in [5, 5.41) is 3.42. The fraction of sp³-hybridized carbons (Fsp3) is 0.588. The van der Waals surface area contributed by atoms with E-state index in [4.69, 9.17) is 9.47 Å². The van der Waals surface area contributed by atoms with Gasteiger partial charge in [-0.3, -0.25) is 9.69 Å². The number of rotatable bonds is 5. The lowest BCUT2D eigenvalue weighted by molar-refractivity contribution is -0.135. The smallest absolute Gasteiger partial charge is 0.244 e. The summed E-state index contributed by atoms with van der Waals surface area (Å²) < 4.78 is 10.7. The number of likely N-dealkylation sites (N-methyl/N-ethyl adjacent to an activating group) is 1. The summed E-state index contributed by atoms with van der Waals surface area (Å²) in [7, 11) is 6.80. The van der Waals surface area contributed by atoms with Gasteiger partial charge in [0.2, 0.25) is 5.91 Å². The van der Waals surface area contributed by atoms with E-state index in [1.54, 1.807) is 33.2 Å². The molecule has 1 fully saturated rings. The molecule has 0 spiro atoms. The van der Waals surface area contributed by atoms with Crippen LogP contribution in [0.5, 0.6) is 11.5 Å². The van der Waals surface area contributed by atoms with Crippen LogP contribution >= 0.6 is 0 Å². The number of carbonyl (C=O) groups is 1. The zero-order valence-corrected chi connectivity index (χ0v) is 14.6. The normalized spacial score (nSPS) is 20.0. The minimum atomic E-state index is -0.311. The number of amides is 1. The van der Waals surface area contributed by atoms with Crippen LogP contribution in [-0.2, 0) is 4.79 Å². The van der Waals surface area contributed by atoms with Crippen molar-refractivity contribution in [2.45, 2.75) is 19.0 Å². The molecule has 0 bridgehead atoms. The van der Waals surface area contributed by atoms with E-state index in [9.17, 15) is 4.79 Å². The lowest BCUT2D eigenvalue weighted by Crippen LogP contribution is -2.53. The molecule has 0 aliphatic carbocycles. The molecule has 2 rings (SSSR count). The summed E-state index contributed by atoms with van der Waals surface area (Å²) in [5.41, 5.74) is 0.926. The molecular weight excluding hydrogens is 294 g/mol. The average Bonchev–Trinajstić information content (AvgIpc) is 2.54. The first kappa shape index (κ1) is 17.6. The first-order chi connectivity index (χ1) is 11.0. The third kappa shape index (κ3) is 3.95. The molecule has 1 heterocycles. The van der Waals surface area contributed by atoms with Gasteiger partial charge in [-0.2, -0.15) is 0 Å². The lowest BCUT2D eigenvalue weighted by atomic mass is 10.0. The Kier molecular flexibility index (Phi) is 5.85. The summed E-state index contributed by atoms with van der Waals surface area (Å²) >= 11 is 0. The predicted octanol–water partition coefficient (Wildman–Crippen LogP) is 1.13. The second kappa shape index (κ2) is 7.66. The summed E-state index contributed by atoms with van der Waals surface area (Å²) in [6, 6.07) is 5.75. The Labute approximate surface area is 138 Å². The highest BCUT2D eigenvalue weighted by atomic mass is 16.5. The largest absolute Gasteiger partial charge is 0.493 e. The fourth-order valence-electron chi connectivity index (χ4n) is 2.97. The summed E-state index contributed by atoms with van der Waals surface area (Å²) in [6.45, 7) is 4.69. The van der Waals surface area contributed by atoms with Crippen LogP contribution in [0.15, 0.2) is 18.2 Å². The van der Waals surface area contributed by atoms with E-state index in [2.05, 4.69) is 17.1 Å². The summed E-state index contributed by atoms with van der Waals surface area (Å²) in [5.74, 6) is 1.39. The van der Waals surface area contributed by atoms with Crippen molar-refractivity contribution >= 4 is 5.91 Å². The number of ether oxygens (including phenoxy) is 2. The number of piperazine rings is 1. The molecular formula is C17H27N3O3. The van der Waals surface area contributed by atoms with E-state index < -0.39 is 0 Å². The molecule has 23 heavy (non-hydrogen) atoms. The standard InChI is InChI=1S/C17H27N3O3/c1-12-11-20(9-8-18-12)16(17(21)19(2)3)13-6-7-14(22-4)15(10-13)23-5/h6-7,10,12,16,18H,8-9,11H2,1-5H3. The van der Waals surface area contributed by atoms with E-state index >= 15 is 0 Å². The van der Waals surface area contributed by atoms with Crippen molar-refractivity contribution in [3.8, 4) is 11.5 Å². The maximum absolute atomic E-state index is 12.8. The molecule has 1 N–H and O–H groups in total. The number of nitrogens with zero attached hydrogens (tertiary/aromatic N) is 2. The van der Waals surface area contributed by atoms with Gasteiger partial charge in [0.1, 0.15) is 6.04 Å². The molecule has 0 saturated carbocycles. The van der Waals surface area contributed by atoms with E-state index in [0.29, 0.717) is 17.5 Å². The third-order valence-electron chi connectivity index (χ3n) is 4.16. The van der Waals surface area contributed by atoms with E-state index in [1.165, 1.54) is 0 Å². The summed E-state index contributed by atoms with van der Waals surface area (Å²) in [6.07, 6.45) is 0. The van der Waals surface area contributed by atoms with Crippen molar-refractivity contribution in [1.29, 1.82) is 0 Å². The molecule has 1 aliphatic rings. The fourth-order valence-corrected chi connectivity index (χ4v) is 2.97. The average molecular weight is 321 g/mol. The van der Waals surface area contributed by atoms with E-state index in [0.717, 1.165) is 25.2 Å². The van der Waals surface area contributed by atoms with E-state index in [-0.39, 0.29) is 11.9 Å². The van der Waals surface area contributed by atoms with Crippen LogP contribution in [0.3, 0.4) is 0 Å². The molecule has 1 amide bonds. The van der Waals surface area contributed by atoms with Gasteiger partial charge in [0.05, 0.1) is 14.2 Å². The maximum Gasteiger partial charge on any atom is 0.244 e. The number of methoxy groups -OCH3 is 2. The number of hydrogen-bond donors (Lipinski definition) is 1. The zero-order valence-electron chi connectivity index (χ0n) is 14.6. The van der Waals surface area contributed by atoms with Crippen LogP contribution in [0.2, 0.25) is 0 Å². The minimum absolute atomic E-state index is 0.0753. The van der Waals surface area contributed by atoms with Gasteiger partial charge in [-0.25, -0.2) is 0 Å². The molecule has 6 heteroatoms. The van der Waals surface area contributed by atoms with Crippen LogP contribution in [0.25, 0.3) is 0 Å². The zero-order chi connectivity index (χ0) is 17.0. The van der Waals surface area contributed by atoms with E-state index in [1.807, 2.05) is 18.2 Å². The second-order valence-electron chi connectivity index (χ2n) is 6.10. The van der Waals surface area contributed by atoms with Gasteiger partial charge < -0.3 is 19.7 Å².